The van der Waals surface area contributed by atoms with E-state index in [1.165, 1.54) is 0 Å². The summed E-state index contributed by atoms with van der Waals surface area (Å²) in [5.41, 5.74) is 2.16. The fourth-order valence-corrected chi connectivity index (χ4v) is 2.79. The highest BCUT2D eigenvalue weighted by Crippen LogP contribution is 2.40. The van der Waals surface area contributed by atoms with Crippen molar-refractivity contribution < 1.29 is 4.79 Å². The van der Waals surface area contributed by atoms with Gasteiger partial charge < -0.3 is 9.80 Å². The zero-order valence-electron chi connectivity index (χ0n) is 12.7. The molecule has 0 fully saturated rings. The number of aromatic nitrogens is 2. The second-order valence-electron chi connectivity index (χ2n) is 5.36. The SMILES string of the molecule is CCC(C)N1c2ccccc2C(=O)N(C)c2cnc(Cl)nc21. The first-order chi connectivity index (χ1) is 10.5. The van der Waals surface area contributed by atoms with E-state index in [2.05, 4.69) is 28.7 Å². The first-order valence-electron chi connectivity index (χ1n) is 7.23. The molecule has 22 heavy (non-hydrogen) atoms. The van der Waals surface area contributed by atoms with E-state index in [1.807, 2.05) is 24.3 Å². The molecule has 1 atom stereocenters. The van der Waals surface area contributed by atoms with E-state index in [0.717, 1.165) is 12.1 Å². The third-order valence-electron chi connectivity index (χ3n) is 4.04. The highest BCUT2D eigenvalue weighted by atomic mass is 35.5. The summed E-state index contributed by atoms with van der Waals surface area (Å²) < 4.78 is 0. The summed E-state index contributed by atoms with van der Waals surface area (Å²) >= 11 is 6.00. The van der Waals surface area contributed by atoms with Gasteiger partial charge in [0.1, 0.15) is 5.69 Å². The standard InChI is InChI=1S/C16H17ClN4O/c1-4-10(2)21-12-8-6-5-7-11(12)15(22)20(3)13-9-18-16(17)19-14(13)21/h5-10H,4H2,1-3H3. The molecule has 1 aromatic carbocycles. The van der Waals surface area contributed by atoms with Gasteiger partial charge in [-0.1, -0.05) is 19.1 Å². The Kier molecular flexibility index (Phi) is 3.74. The Labute approximate surface area is 134 Å². The monoisotopic (exact) mass is 316 g/mol. The molecule has 0 spiro atoms. The van der Waals surface area contributed by atoms with Crippen LogP contribution >= 0.6 is 11.6 Å². The van der Waals surface area contributed by atoms with Crippen LogP contribution in [0.5, 0.6) is 0 Å². The van der Waals surface area contributed by atoms with Crippen LogP contribution in [0.25, 0.3) is 0 Å². The molecule has 0 saturated carbocycles. The van der Waals surface area contributed by atoms with E-state index < -0.39 is 0 Å². The summed E-state index contributed by atoms with van der Waals surface area (Å²) in [6, 6.07) is 7.75. The number of carbonyl (C=O) groups excluding carboxylic acids is 1. The lowest BCUT2D eigenvalue weighted by atomic mass is 10.1. The third-order valence-corrected chi connectivity index (χ3v) is 4.22. The van der Waals surface area contributed by atoms with Gasteiger partial charge in [-0.2, -0.15) is 4.98 Å². The maximum absolute atomic E-state index is 12.8. The molecular formula is C16H17ClN4O. The fraction of sp³-hybridized carbons (Fsp3) is 0.312. The van der Waals surface area contributed by atoms with Crippen LogP contribution in [0.3, 0.4) is 0 Å². The fourth-order valence-electron chi connectivity index (χ4n) is 2.66. The van der Waals surface area contributed by atoms with Gasteiger partial charge in [0.15, 0.2) is 5.82 Å². The minimum Gasteiger partial charge on any atom is -0.321 e. The predicted octanol–water partition coefficient (Wildman–Crippen LogP) is 3.66. The molecule has 0 saturated heterocycles. The highest BCUT2D eigenvalue weighted by molar-refractivity contribution is 6.28. The predicted molar refractivity (Wildman–Crippen MR) is 88.1 cm³/mol. The van der Waals surface area contributed by atoms with Crippen molar-refractivity contribution >= 4 is 34.7 Å². The number of hydrogen-bond donors (Lipinski definition) is 0. The van der Waals surface area contributed by atoms with Crippen molar-refractivity contribution in [2.45, 2.75) is 26.3 Å². The van der Waals surface area contributed by atoms with Gasteiger partial charge in [-0.25, -0.2) is 4.98 Å². The van der Waals surface area contributed by atoms with Crippen LogP contribution in [0.15, 0.2) is 30.5 Å². The number of amides is 1. The molecule has 1 aliphatic rings. The van der Waals surface area contributed by atoms with E-state index in [1.54, 1.807) is 18.1 Å². The summed E-state index contributed by atoms with van der Waals surface area (Å²) in [7, 11) is 1.73. The van der Waals surface area contributed by atoms with Gasteiger partial charge in [0.25, 0.3) is 5.91 Å². The number of halogens is 1. The molecule has 0 N–H and O–H groups in total. The largest absolute Gasteiger partial charge is 0.321 e. The lowest BCUT2D eigenvalue weighted by Gasteiger charge is -2.30. The molecule has 5 nitrogen and oxygen atoms in total. The van der Waals surface area contributed by atoms with E-state index in [0.29, 0.717) is 17.1 Å². The van der Waals surface area contributed by atoms with E-state index in [-0.39, 0.29) is 17.2 Å². The van der Waals surface area contributed by atoms with Crippen LogP contribution in [0.4, 0.5) is 17.2 Å². The van der Waals surface area contributed by atoms with Crippen molar-refractivity contribution in [3.05, 3.63) is 41.3 Å². The number of rotatable bonds is 2. The van der Waals surface area contributed by atoms with Crippen LogP contribution in [0, 0.1) is 0 Å². The highest BCUT2D eigenvalue weighted by Gasteiger charge is 2.32. The number of para-hydroxylation sites is 1. The van der Waals surface area contributed by atoms with Gasteiger partial charge in [-0.05, 0) is 37.1 Å². The van der Waals surface area contributed by atoms with Crippen LogP contribution in [0.1, 0.15) is 30.6 Å². The van der Waals surface area contributed by atoms with E-state index >= 15 is 0 Å². The number of nitrogens with zero attached hydrogens (tertiary/aromatic N) is 4. The molecule has 2 heterocycles. The average Bonchev–Trinajstić information content (AvgIpc) is 2.62. The molecule has 0 radical (unpaired) electrons. The van der Waals surface area contributed by atoms with Crippen molar-refractivity contribution in [2.75, 3.05) is 16.8 Å². The smallest absolute Gasteiger partial charge is 0.260 e. The first-order valence-corrected chi connectivity index (χ1v) is 7.61. The van der Waals surface area contributed by atoms with Crippen molar-refractivity contribution in [1.29, 1.82) is 0 Å². The number of fused-ring (bicyclic) bond motifs is 2. The lowest BCUT2D eigenvalue weighted by Crippen LogP contribution is -2.29. The summed E-state index contributed by atoms with van der Waals surface area (Å²) in [4.78, 5) is 24.8. The Hall–Kier alpha value is -2.14. The van der Waals surface area contributed by atoms with Crippen molar-refractivity contribution in [1.82, 2.24) is 9.97 Å². The van der Waals surface area contributed by atoms with Gasteiger partial charge in [0.2, 0.25) is 5.28 Å². The molecule has 3 rings (SSSR count). The molecule has 1 aromatic heterocycles. The van der Waals surface area contributed by atoms with Crippen LogP contribution in [0.2, 0.25) is 5.28 Å². The second-order valence-corrected chi connectivity index (χ2v) is 5.69. The Bertz CT molecular complexity index is 734. The summed E-state index contributed by atoms with van der Waals surface area (Å²) in [5.74, 6) is 0.587. The maximum Gasteiger partial charge on any atom is 0.260 e. The van der Waals surface area contributed by atoms with Gasteiger partial charge >= 0.3 is 0 Å². The molecule has 1 amide bonds. The van der Waals surface area contributed by atoms with E-state index in [4.69, 9.17) is 11.6 Å². The number of hydrogen-bond acceptors (Lipinski definition) is 4. The average molecular weight is 317 g/mol. The van der Waals surface area contributed by atoms with Gasteiger partial charge in [-0.15, -0.1) is 0 Å². The minimum absolute atomic E-state index is 0.0754. The summed E-state index contributed by atoms with van der Waals surface area (Å²) in [5, 5.41) is 0.173. The first kappa shape index (κ1) is 14.8. The molecule has 2 aromatic rings. The zero-order valence-corrected chi connectivity index (χ0v) is 13.5. The maximum atomic E-state index is 12.8. The Morgan fingerprint density at radius 1 is 1.27 bits per heavy atom. The summed E-state index contributed by atoms with van der Waals surface area (Å²) in [6.07, 6.45) is 2.51. The van der Waals surface area contributed by atoms with Crippen molar-refractivity contribution in [3.8, 4) is 0 Å². The molecular weight excluding hydrogens is 300 g/mol. The number of anilines is 3. The van der Waals surface area contributed by atoms with Crippen molar-refractivity contribution in [2.24, 2.45) is 0 Å². The Morgan fingerprint density at radius 2 is 2.00 bits per heavy atom. The van der Waals surface area contributed by atoms with Crippen LogP contribution in [-0.4, -0.2) is 29.0 Å². The number of carbonyl (C=O) groups is 1. The van der Waals surface area contributed by atoms with Gasteiger partial charge in [-0.3, -0.25) is 4.79 Å². The molecule has 0 aliphatic carbocycles. The summed E-state index contributed by atoms with van der Waals surface area (Å²) in [6.45, 7) is 4.21. The number of benzene rings is 1. The molecule has 114 valence electrons. The minimum atomic E-state index is -0.0754. The molecule has 1 aliphatic heterocycles. The molecule has 1 unspecified atom stereocenters. The lowest BCUT2D eigenvalue weighted by molar-refractivity contribution is 0.0994. The second kappa shape index (κ2) is 5.57. The van der Waals surface area contributed by atoms with Gasteiger partial charge in [0.05, 0.1) is 17.4 Å². The quantitative estimate of drug-likeness (QED) is 0.793. The molecule has 0 bridgehead atoms. The Balaban J connectivity index is 2.33. The van der Waals surface area contributed by atoms with Crippen LogP contribution < -0.4 is 9.80 Å². The van der Waals surface area contributed by atoms with Gasteiger partial charge in [0, 0.05) is 13.1 Å². The molecule has 6 heteroatoms. The van der Waals surface area contributed by atoms with E-state index in [9.17, 15) is 4.79 Å². The third kappa shape index (κ3) is 2.22. The zero-order chi connectivity index (χ0) is 15.9. The van der Waals surface area contributed by atoms with Crippen molar-refractivity contribution in [3.63, 3.8) is 0 Å². The normalized spacial score (nSPS) is 15.2. The topological polar surface area (TPSA) is 49.3 Å². The Morgan fingerprint density at radius 3 is 2.73 bits per heavy atom. The van der Waals surface area contributed by atoms with Crippen LogP contribution in [-0.2, 0) is 0 Å².